The van der Waals surface area contributed by atoms with Crippen LogP contribution in [0, 0.1) is 10.1 Å². The normalized spacial score (nSPS) is 15.7. The van der Waals surface area contributed by atoms with Crippen molar-refractivity contribution in [2.45, 2.75) is 25.3 Å². The number of carbonyl (C=O) groups excluding carboxylic acids is 1. The molecule has 1 aliphatic rings. The third kappa shape index (κ3) is 6.25. The van der Waals surface area contributed by atoms with E-state index in [9.17, 15) is 14.9 Å². The van der Waals surface area contributed by atoms with Crippen molar-refractivity contribution in [1.29, 1.82) is 0 Å². The Balaban J connectivity index is 0.00000363. The van der Waals surface area contributed by atoms with Gasteiger partial charge in [-0.1, -0.05) is 17.7 Å². The van der Waals surface area contributed by atoms with Crippen molar-refractivity contribution >= 4 is 35.8 Å². The summed E-state index contributed by atoms with van der Waals surface area (Å²) in [4.78, 5) is 25.9. The molecule has 0 radical (unpaired) electrons. The summed E-state index contributed by atoms with van der Waals surface area (Å²) >= 11 is 6.13. The molecular weight excluding hydrogens is 457 g/mol. The van der Waals surface area contributed by atoms with E-state index in [1.165, 1.54) is 28.7 Å². The van der Waals surface area contributed by atoms with Crippen LogP contribution in [0.5, 0.6) is 11.5 Å². The van der Waals surface area contributed by atoms with Gasteiger partial charge in [-0.15, -0.1) is 12.4 Å². The van der Waals surface area contributed by atoms with Gasteiger partial charge < -0.3 is 14.4 Å². The van der Waals surface area contributed by atoms with E-state index in [0.717, 1.165) is 24.9 Å². The molecule has 10 heteroatoms. The fourth-order valence-electron chi connectivity index (χ4n) is 3.67. The number of carbonyl (C=O) groups is 1. The molecule has 1 amide bonds. The van der Waals surface area contributed by atoms with Gasteiger partial charge in [0.2, 0.25) is 0 Å². The smallest absolute Gasteiger partial charge is 0.414 e. The first-order valence-corrected chi connectivity index (χ1v) is 10.4. The molecule has 3 rings (SSSR count). The maximum absolute atomic E-state index is 11.9. The van der Waals surface area contributed by atoms with Crippen molar-refractivity contribution < 1.29 is 19.2 Å². The van der Waals surface area contributed by atoms with Gasteiger partial charge in [-0.3, -0.25) is 15.0 Å². The average molecular weight is 484 g/mol. The summed E-state index contributed by atoms with van der Waals surface area (Å²) in [5, 5.41) is 11.1. The first-order valence-electron chi connectivity index (χ1n) is 10.0. The molecule has 32 heavy (non-hydrogen) atoms. The SMILES string of the molecule is CN(C)C(=O)Oc1ccc2c(c1)CCCN(C)C2CCOc1ccc([N+](=O)[O-])cc1Cl.Cl. The van der Waals surface area contributed by atoms with Crippen molar-refractivity contribution in [3.8, 4) is 11.5 Å². The molecule has 0 N–H and O–H groups in total. The highest BCUT2D eigenvalue weighted by Crippen LogP contribution is 2.34. The van der Waals surface area contributed by atoms with Gasteiger partial charge in [-0.25, -0.2) is 4.79 Å². The van der Waals surface area contributed by atoms with Crippen LogP contribution in [0.25, 0.3) is 0 Å². The van der Waals surface area contributed by atoms with Gasteiger partial charge in [0.05, 0.1) is 16.6 Å². The molecule has 1 heterocycles. The molecule has 1 unspecified atom stereocenters. The van der Waals surface area contributed by atoms with Crippen LogP contribution in [-0.4, -0.2) is 55.1 Å². The summed E-state index contributed by atoms with van der Waals surface area (Å²) in [5.41, 5.74) is 2.27. The number of hydrogen-bond acceptors (Lipinski definition) is 6. The number of non-ortho nitro benzene ring substituents is 1. The molecule has 174 valence electrons. The second-order valence-corrected chi connectivity index (χ2v) is 8.14. The molecule has 0 aliphatic carbocycles. The lowest BCUT2D eigenvalue weighted by Gasteiger charge is -2.27. The van der Waals surface area contributed by atoms with E-state index in [4.69, 9.17) is 21.1 Å². The molecule has 2 aromatic rings. The second kappa shape index (κ2) is 11.4. The summed E-state index contributed by atoms with van der Waals surface area (Å²) in [5.74, 6) is 0.962. The largest absolute Gasteiger partial charge is 0.492 e. The number of nitro benzene ring substituents is 1. The lowest BCUT2D eigenvalue weighted by atomic mass is 9.96. The Morgan fingerprint density at radius 2 is 2.03 bits per heavy atom. The topological polar surface area (TPSA) is 85.2 Å². The van der Waals surface area contributed by atoms with Gasteiger partial charge >= 0.3 is 6.09 Å². The van der Waals surface area contributed by atoms with Crippen molar-refractivity contribution in [1.82, 2.24) is 9.80 Å². The highest BCUT2D eigenvalue weighted by atomic mass is 35.5. The van der Waals surface area contributed by atoms with Crippen molar-refractivity contribution in [3.05, 3.63) is 62.7 Å². The monoisotopic (exact) mass is 483 g/mol. The van der Waals surface area contributed by atoms with E-state index in [2.05, 4.69) is 11.9 Å². The van der Waals surface area contributed by atoms with Gasteiger partial charge in [0.15, 0.2) is 0 Å². The third-order valence-electron chi connectivity index (χ3n) is 5.31. The lowest BCUT2D eigenvalue weighted by Crippen LogP contribution is -2.26. The van der Waals surface area contributed by atoms with Crippen LogP contribution in [-0.2, 0) is 6.42 Å². The van der Waals surface area contributed by atoms with Gasteiger partial charge in [0.1, 0.15) is 11.5 Å². The maximum atomic E-state index is 11.9. The number of aryl methyl sites for hydroxylation is 1. The van der Waals surface area contributed by atoms with Crippen molar-refractivity contribution in [2.24, 2.45) is 0 Å². The third-order valence-corrected chi connectivity index (χ3v) is 5.60. The van der Waals surface area contributed by atoms with Gasteiger partial charge in [0.25, 0.3) is 5.69 Å². The number of ether oxygens (including phenoxy) is 2. The van der Waals surface area contributed by atoms with Crippen molar-refractivity contribution in [2.75, 3.05) is 34.3 Å². The average Bonchev–Trinajstić information content (AvgIpc) is 2.87. The van der Waals surface area contributed by atoms with E-state index >= 15 is 0 Å². The van der Waals surface area contributed by atoms with Gasteiger partial charge in [-0.05, 0) is 55.8 Å². The Morgan fingerprint density at radius 3 is 2.69 bits per heavy atom. The van der Waals surface area contributed by atoms with Crippen LogP contribution in [0.1, 0.15) is 30.0 Å². The van der Waals surface area contributed by atoms with Gasteiger partial charge in [0, 0.05) is 38.7 Å². The molecule has 0 bridgehead atoms. The van der Waals surface area contributed by atoms with Crippen LogP contribution in [0.2, 0.25) is 5.02 Å². The molecule has 0 spiro atoms. The number of nitrogens with zero attached hydrogens (tertiary/aromatic N) is 3. The Hall–Kier alpha value is -2.55. The van der Waals surface area contributed by atoms with E-state index < -0.39 is 11.0 Å². The number of benzene rings is 2. The fraction of sp³-hybridized carbons (Fsp3) is 0.409. The summed E-state index contributed by atoms with van der Waals surface area (Å²) in [6, 6.07) is 10.1. The first-order chi connectivity index (χ1) is 14.8. The number of fused-ring (bicyclic) bond motifs is 1. The Bertz CT molecular complexity index is 971. The predicted molar refractivity (Wildman–Crippen MR) is 125 cm³/mol. The highest BCUT2D eigenvalue weighted by molar-refractivity contribution is 6.32. The summed E-state index contributed by atoms with van der Waals surface area (Å²) < 4.78 is 11.2. The summed E-state index contributed by atoms with van der Waals surface area (Å²) in [6.45, 7) is 1.34. The van der Waals surface area contributed by atoms with E-state index in [1.807, 2.05) is 18.2 Å². The minimum absolute atomic E-state index is 0. The predicted octanol–water partition coefficient (Wildman–Crippen LogP) is 5.12. The number of rotatable bonds is 6. The molecule has 0 saturated heterocycles. The molecule has 0 saturated carbocycles. The molecule has 0 fully saturated rings. The molecule has 0 aromatic heterocycles. The second-order valence-electron chi connectivity index (χ2n) is 7.73. The minimum Gasteiger partial charge on any atom is -0.492 e. The van der Waals surface area contributed by atoms with Crippen molar-refractivity contribution in [3.63, 3.8) is 0 Å². The quantitative estimate of drug-likeness (QED) is 0.418. The number of nitro groups is 1. The number of hydrogen-bond donors (Lipinski definition) is 0. The number of halogens is 2. The summed E-state index contributed by atoms with van der Waals surface area (Å²) in [6.07, 6.45) is 2.21. The van der Waals surface area contributed by atoms with E-state index in [-0.39, 0.29) is 29.2 Å². The number of amides is 1. The first kappa shape index (κ1) is 25.7. The van der Waals surface area contributed by atoms with Crippen LogP contribution in [0.15, 0.2) is 36.4 Å². The molecule has 1 atom stereocenters. The standard InChI is InChI=1S/C22H26ClN3O5.ClH/c1-24(2)22(27)31-17-7-8-18-15(13-17)5-4-11-25(3)20(18)10-12-30-21-9-6-16(26(28)29)14-19(21)23;/h6-9,13-14,20H,4-5,10-12H2,1-3H3;1H. The molecule has 8 nitrogen and oxygen atoms in total. The Kier molecular flexibility index (Phi) is 9.12. The van der Waals surface area contributed by atoms with Crippen LogP contribution >= 0.6 is 24.0 Å². The van der Waals surface area contributed by atoms with E-state index in [1.54, 1.807) is 14.1 Å². The van der Waals surface area contributed by atoms with E-state index in [0.29, 0.717) is 24.5 Å². The minimum atomic E-state index is -0.489. The Labute approximate surface area is 198 Å². The fourth-order valence-corrected chi connectivity index (χ4v) is 3.90. The van der Waals surface area contributed by atoms with Crippen LogP contribution in [0.4, 0.5) is 10.5 Å². The van der Waals surface area contributed by atoms with Crippen LogP contribution < -0.4 is 9.47 Å². The molecular formula is C22H27Cl2N3O5. The zero-order chi connectivity index (χ0) is 22.5. The molecule has 2 aromatic carbocycles. The molecule has 1 aliphatic heterocycles. The summed E-state index contributed by atoms with van der Waals surface area (Å²) in [7, 11) is 5.38. The maximum Gasteiger partial charge on any atom is 0.414 e. The highest BCUT2D eigenvalue weighted by Gasteiger charge is 2.24. The zero-order valence-electron chi connectivity index (χ0n) is 18.2. The lowest BCUT2D eigenvalue weighted by molar-refractivity contribution is -0.384. The Morgan fingerprint density at radius 1 is 1.28 bits per heavy atom. The van der Waals surface area contributed by atoms with Gasteiger partial charge in [-0.2, -0.15) is 0 Å². The van der Waals surface area contributed by atoms with Crippen LogP contribution in [0.3, 0.4) is 0 Å². The zero-order valence-corrected chi connectivity index (χ0v) is 19.8.